The Hall–Kier alpha value is -8.14. The van der Waals surface area contributed by atoms with Crippen LogP contribution in [0.5, 0.6) is 23.0 Å². The Morgan fingerprint density at radius 1 is 0.304 bits per heavy atom. The van der Waals surface area contributed by atoms with Crippen LogP contribution >= 0.6 is 0 Å². The Balaban J connectivity index is 1.11. The van der Waals surface area contributed by atoms with Crippen molar-refractivity contribution in [2.24, 2.45) is 0 Å². The van der Waals surface area contributed by atoms with Gasteiger partial charge in [-0.1, -0.05) is 210 Å². The molecule has 2 heterocycles. The molecule has 10 aromatic rings. The van der Waals surface area contributed by atoms with Gasteiger partial charge in [0, 0.05) is 38.9 Å². The molecule has 0 atom stereocenters. The Kier molecular flexibility index (Phi) is 10.4. The minimum Gasteiger partial charge on any atom is -0.457 e. The fourth-order valence-electron chi connectivity index (χ4n) is 13.9. The van der Waals surface area contributed by atoms with E-state index in [1.165, 1.54) is 99.8 Å². The van der Waals surface area contributed by atoms with Gasteiger partial charge in [-0.15, -0.1) is 0 Å². The fourth-order valence-corrected chi connectivity index (χ4v) is 13.9. The van der Waals surface area contributed by atoms with Gasteiger partial charge in [0.2, 0.25) is 0 Å². The fraction of sp³-hybridized carbons (Fsp3) is 0.237. The van der Waals surface area contributed by atoms with Gasteiger partial charge in [-0.25, -0.2) is 0 Å². The van der Waals surface area contributed by atoms with Gasteiger partial charge in [-0.05, 0) is 161 Å². The molecule has 0 bridgehead atoms. The molecule has 0 aromatic heterocycles. The van der Waals surface area contributed by atoms with Crippen LogP contribution in [0, 0.1) is 0 Å². The largest absolute Gasteiger partial charge is 0.457 e. The SMILES string of the molecule is CC(C)(C)c1ccc2c(c1)C1(c3cc(C(C)(C)C)ccc3O2)c2ccccc2-c2ccc(N(c3cccc4c3-c3ccccc3C43c4cc(C(C)(C)C)ccc4Oc4ccc(C(C)(C)C)cc43)c3cccc4ccccc34)cc21. The molecule has 79 heavy (non-hydrogen) atoms. The van der Waals surface area contributed by atoms with E-state index in [1.807, 2.05) is 0 Å². The molecule has 2 aliphatic carbocycles. The molecule has 3 nitrogen and oxygen atoms in total. The molecule has 390 valence electrons. The third-order valence-corrected chi connectivity index (χ3v) is 18.0. The Morgan fingerprint density at radius 3 is 1.22 bits per heavy atom. The summed E-state index contributed by atoms with van der Waals surface area (Å²) in [5, 5.41) is 2.37. The lowest BCUT2D eigenvalue weighted by Gasteiger charge is -2.41. The van der Waals surface area contributed by atoms with Crippen LogP contribution in [0.15, 0.2) is 200 Å². The van der Waals surface area contributed by atoms with Crippen LogP contribution < -0.4 is 14.4 Å². The number of rotatable bonds is 3. The molecule has 4 aliphatic rings. The highest BCUT2D eigenvalue weighted by atomic mass is 16.5. The predicted molar refractivity (Wildman–Crippen MR) is 328 cm³/mol. The Labute approximate surface area is 467 Å². The summed E-state index contributed by atoms with van der Waals surface area (Å²) < 4.78 is 14.2. The maximum atomic E-state index is 7.11. The van der Waals surface area contributed by atoms with Crippen molar-refractivity contribution >= 4 is 27.8 Å². The molecule has 14 rings (SSSR count). The second kappa shape index (κ2) is 16.7. The summed E-state index contributed by atoms with van der Waals surface area (Å²) in [4.78, 5) is 2.59. The van der Waals surface area contributed by atoms with Gasteiger partial charge in [-0.3, -0.25) is 0 Å². The standard InChI is InChI=1S/C76H69NO2/c1-71(2,3)47-31-37-66-60(41-47)75(61-42-48(72(4,5)6)32-38-67(61)78-66)57-27-18-16-25-55(57)70-58(75)28-20-30-65(70)77(64-29-19-22-46-21-13-14-23-52(46)64)51-35-36-54-53-24-15-17-26-56(53)76(59(54)45-51)62-43-49(73(7,8)9)33-39-68(62)79-69-40-34-50(44-63(69)76)74(10,11)12/h13-45H,1-12H3. The Bertz CT molecular complexity index is 4070. The average Bonchev–Trinajstić information content (AvgIpc) is 2.70. The van der Waals surface area contributed by atoms with Gasteiger partial charge in [0.25, 0.3) is 0 Å². The zero-order chi connectivity index (χ0) is 54.8. The first-order valence-corrected chi connectivity index (χ1v) is 28.4. The van der Waals surface area contributed by atoms with Crippen LogP contribution in [0.4, 0.5) is 17.1 Å². The zero-order valence-electron chi connectivity index (χ0n) is 47.8. The van der Waals surface area contributed by atoms with Crippen molar-refractivity contribution in [2.75, 3.05) is 4.90 Å². The van der Waals surface area contributed by atoms with Gasteiger partial charge in [0.15, 0.2) is 0 Å². The maximum absolute atomic E-state index is 7.11. The molecule has 0 unspecified atom stereocenters. The summed E-state index contributed by atoms with van der Waals surface area (Å²) in [6.07, 6.45) is 0. The third kappa shape index (κ3) is 7.03. The van der Waals surface area contributed by atoms with Gasteiger partial charge in [0.05, 0.1) is 22.2 Å². The topological polar surface area (TPSA) is 21.7 Å². The lowest BCUT2D eigenvalue weighted by Crippen LogP contribution is -2.33. The highest BCUT2D eigenvalue weighted by Crippen LogP contribution is 2.67. The highest BCUT2D eigenvalue weighted by molar-refractivity contribution is 6.04. The maximum Gasteiger partial charge on any atom is 0.132 e. The van der Waals surface area contributed by atoms with Gasteiger partial charge < -0.3 is 14.4 Å². The molecule has 0 saturated heterocycles. The van der Waals surface area contributed by atoms with Crippen molar-refractivity contribution in [3.63, 3.8) is 0 Å². The Morgan fingerprint density at radius 2 is 0.696 bits per heavy atom. The molecular weight excluding hydrogens is 959 g/mol. The number of benzene rings is 10. The van der Waals surface area contributed by atoms with Crippen molar-refractivity contribution in [2.45, 2.75) is 116 Å². The monoisotopic (exact) mass is 1030 g/mol. The smallest absolute Gasteiger partial charge is 0.132 e. The number of hydrogen-bond acceptors (Lipinski definition) is 3. The highest BCUT2D eigenvalue weighted by Gasteiger charge is 2.54. The van der Waals surface area contributed by atoms with E-state index in [4.69, 9.17) is 9.47 Å². The van der Waals surface area contributed by atoms with E-state index in [-0.39, 0.29) is 21.7 Å². The number of anilines is 3. The molecular formula is C76H69NO2. The second-order valence-electron chi connectivity index (χ2n) is 26.9. The van der Waals surface area contributed by atoms with Crippen LogP contribution in [0.2, 0.25) is 0 Å². The summed E-state index contributed by atoms with van der Waals surface area (Å²) in [6.45, 7) is 27.8. The molecule has 2 spiro atoms. The van der Waals surface area contributed by atoms with Crippen LogP contribution in [-0.4, -0.2) is 0 Å². The zero-order valence-corrected chi connectivity index (χ0v) is 47.8. The second-order valence-corrected chi connectivity index (χ2v) is 26.9. The van der Waals surface area contributed by atoms with Crippen LogP contribution in [-0.2, 0) is 32.5 Å². The number of ether oxygens (including phenoxy) is 2. The van der Waals surface area contributed by atoms with Gasteiger partial charge in [0.1, 0.15) is 23.0 Å². The van der Waals surface area contributed by atoms with Gasteiger partial charge in [-0.2, -0.15) is 0 Å². The van der Waals surface area contributed by atoms with E-state index in [9.17, 15) is 0 Å². The van der Waals surface area contributed by atoms with E-state index < -0.39 is 10.8 Å². The van der Waals surface area contributed by atoms with Crippen molar-refractivity contribution < 1.29 is 9.47 Å². The van der Waals surface area contributed by atoms with Gasteiger partial charge >= 0.3 is 0 Å². The lowest BCUT2D eigenvalue weighted by atomic mass is 9.64. The van der Waals surface area contributed by atoms with Crippen molar-refractivity contribution in [3.8, 4) is 45.3 Å². The number of nitrogens with zero attached hydrogens (tertiary/aromatic N) is 1. The summed E-state index contributed by atoms with van der Waals surface area (Å²) in [7, 11) is 0. The summed E-state index contributed by atoms with van der Waals surface area (Å²) >= 11 is 0. The summed E-state index contributed by atoms with van der Waals surface area (Å²) in [5.74, 6) is 3.58. The van der Waals surface area contributed by atoms with E-state index in [0.717, 1.165) is 40.1 Å². The van der Waals surface area contributed by atoms with Crippen molar-refractivity contribution in [1.82, 2.24) is 0 Å². The molecule has 0 N–H and O–H groups in total. The van der Waals surface area contributed by atoms with E-state index in [2.05, 4.69) is 288 Å². The normalized spacial score (nSPS) is 15.0. The van der Waals surface area contributed by atoms with Crippen molar-refractivity contribution in [3.05, 3.63) is 267 Å². The molecule has 3 heteroatoms. The number of hydrogen-bond donors (Lipinski definition) is 0. The first-order valence-electron chi connectivity index (χ1n) is 28.4. The molecule has 10 aromatic carbocycles. The number of fused-ring (bicyclic) bond motifs is 19. The molecule has 0 radical (unpaired) electrons. The lowest BCUT2D eigenvalue weighted by molar-refractivity contribution is 0.433. The predicted octanol–water partition coefficient (Wildman–Crippen LogP) is 20.4. The molecule has 2 aliphatic heterocycles. The molecule has 0 fully saturated rings. The molecule has 0 saturated carbocycles. The van der Waals surface area contributed by atoms with E-state index >= 15 is 0 Å². The summed E-state index contributed by atoms with van der Waals surface area (Å²) in [5.41, 5.74) is 21.3. The minimum atomic E-state index is -0.710. The third-order valence-electron chi connectivity index (χ3n) is 18.0. The van der Waals surface area contributed by atoms with E-state index in [1.54, 1.807) is 0 Å². The average molecular weight is 1030 g/mol. The first kappa shape index (κ1) is 49.2. The first-order chi connectivity index (χ1) is 37.7. The summed E-state index contributed by atoms with van der Waals surface area (Å²) in [6, 6.07) is 76.3. The van der Waals surface area contributed by atoms with Crippen LogP contribution in [0.1, 0.15) is 150 Å². The minimum absolute atomic E-state index is 0.101. The molecule has 0 amide bonds. The quantitative estimate of drug-likeness (QED) is 0.176. The van der Waals surface area contributed by atoms with Crippen LogP contribution in [0.25, 0.3) is 33.0 Å². The van der Waals surface area contributed by atoms with Crippen molar-refractivity contribution in [1.29, 1.82) is 0 Å². The van der Waals surface area contributed by atoms with E-state index in [0.29, 0.717) is 0 Å². The van der Waals surface area contributed by atoms with Crippen LogP contribution in [0.3, 0.4) is 0 Å².